The third kappa shape index (κ3) is 3.93. The molecule has 0 saturated carbocycles. The highest BCUT2D eigenvalue weighted by Gasteiger charge is 2.17. The number of nitrogens with one attached hydrogen (secondary N) is 1. The number of aromatic nitrogens is 2. The molecule has 6 nitrogen and oxygen atoms in total. The summed E-state index contributed by atoms with van der Waals surface area (Å²) in [5, 5.41) is 5.54. The van der Waals surface area contributed by atoms with Crippen molar-refractivity contribution in [1.82, 2.24) is 14.9 Å². The second-order valence-electron chi connectivity index (χ2n) is 7.60. The lowest BCUT2D eigenvalue weighted by molar-refractivity contribution is 0.181. The molecule has 6 heteroatoms. The predicted octanol–water partition coefficient (Wildman–Crippen LogP) is 3.87. The van der Waals surface area contributed by atoms with Gasteiger partial charge in [0, 0.05) is 35.6 Å². The van der Waals surface area contributed by atoms with Gasteiger partial charge in [-0.25, -0.2) is 4.98 Å². The molecule has 1 N–H and O–H groups in total. The van der Waals surface area contributed by atoms with Crippen LogP contribution < -0.4 is 10.1 Å². The summed E-state index contributed by atoms with van der Waals surface area (Å²) in [6.45, 7) is 4.68. The average molecular weight is 387 g/mol. The molecule has 0 atom stereocenters. The van der Waals surface area contributed by atoms with Gasteiger partial charge >= 0.3 is 0 Å². The summed E-state index contributed by atoms with van der Waals surface area (Å²) in [6.07, 6.45) is 7.57. The van der Waals surface area contributed by atoms with Gasteiger partial charge in [0.15, 0.2) is 5.84 Å². The molecule has 0 amide bonds. The highest BCUT2D eigenvalue weighted by Crippen LogP contribution is 2.27. The number of benzene rings is 1. The summed E-state index contributed by atoms with van der Waals surface area (Å²) in [4.78, 5) is 16.0. The molecule has 0 unspecified atom stereocenters. The van der Waals surface area contributed by atoms with Crippen LogP contribution in [0.5, 0.6) is 5.88 Å². The second-order valence-corrected chi connectivity index (χ2v) is 7.60. The largest absolute Gasteiger partial charge is 0.476 e. The number of pyridine rings is 2. The Kier molecular flexibility index (Phi) is 5.09. The molecule has 3 aromatic rings. The van der Waals surface area contributed by atoms with Crippen LogP contribution in [0.1, 0.15) is 30.5 Å². The topological polar surface area (TPSA) is 62.6 Å². The summed E-state index contributed by atoms with van der Waals surface area (Å²) < 4.78 is 6.03. The number of aliphatic imine (C=N–C) groups is 1. The third-order valence-corrected chi connectivity index (χ3v) is 5.61. The maximum Gasteiger partial charge on any atom is 0.221 e. The molecule has 0 radical (unpaired) electrons. The van der Waals surface area contributed by atoms with E-state index in [1.54, 1.807) is 6.20 Å². The molecule has 2 aromatic heterocycles. The number of anilines is 1. The van der Waals surface area contributed by atoms with Crippen LogP contribution in [0.3, 0.4) is 0 Å². The Labute approximate surface area is 170 Å². The van der Waals surface area contributed by atoms with E-state index >= 15 is 0 Å². The number of ether oxygens (including phenoxy) is 1. The molecule has 4 heterocycles. The van der Waals surface area contributed by atoms with Crippen LogP contribution in [0.4, 0.5) is 5.69 Å². The van der Waals surface area contributed by atoms with Crippen molar-refractivity contribution < 1.29 is 4.74 Å². The zero-order chi connectivity index (χ0) is 19.5. The first-order valence-electron chi connectivity index (χ1n) is 10.4. The average Bonchev–Trinajstić information content (AvgIpc) is 3.17. The maximum atomic E-state index is 6.03. The van der Waals surface area contributed by atoms with Crippen LogP contribution in [0, 0.1) is 0 Å². The Balaban J connectivity index is 1.29. The van der Waals surface area contributed by atoms with Gasteiger partial charge in [0.1, 0.15) is 12.3 Å². The van der Waals surface area contributed by atoms with E-state index in [2.05, 4.69) is 43.4 Å². The number of amidine groups is 1. The number of fused-ring (bicyclic) bond motifs is 2. The molecular formula is C23H25N5O. The van der Waals surface area contributed by atoms with Crippen molar-refractivity contribution in [3.05, 3.63) is 60.0 Å². The molecule has 0 aliphatic carbocycles. The molecule has 1 fully saturated rings. The lowest BCUT2D eigenvalue weighted by atomic mass is 10.1. The zero-order valence-corrected chi connectivity index (χ0v) is 16.5. The third-order valence-electron chi connectivity index (χ3n) is 5.61. The van der Waals surface area contributed by atoms with Crippen LogP contribution in [0.25, 0.3) is 10.8 Å². The van der Waals surface area contributed by atoms with E-state index in [0.29, 0.717) is 19.0 Å². The number of hydrogen-bond donors (Lipinski definition) is 1. The van der Waals surface area contributed by atoms with Gasteiger partial charge in [-0.05, 0) is 61.6 Å². The number of rotatable bonds is 5. The van der Waals surface area contributed by atoms with Crippen LogP contribution in [0.15, 0.2) is 53.8 Å². The smallest absolute Gasteiger partial charge is 0.221 e. The molecule has 0 spiro atoms. The SMILES string of the molecule is c1cnc2c(c1)CN=C2Nc1ccc2c(OCCN3CCCCC3)nccc2c1. The molecule has 0 bridgehead atoms. The summed E-state index contributed by atoms with van der Waals surface area (Å²) in [7, 11) is 0. The highest BCUT2D eigenvalue weighted by molar-refractivity contribution is 6.10. The van der Waals surface area contributed by atoms with E-state index in [-0.39, 0.29) is 0 Å². The first-order chi connectivity index (χ1) is 14.4. The van der Waals surface area contributed by atoms with Crippen molar-refractivity contribution in [3.8, 4) is 5.88 Å². The van der Waals surface area contributed by atoms with Crippen molar-refractivity contribution in [1.29, 1.82) is 0 Å². The fraction of sp³-hybridized carbons (Fsp3) is 0.348. The Morgan fingerprint density at radius 3 is 2.86 bits per heavy atom. The molecule has 2 aliphatic rings. The highest BCUT2D eigenvalue weighted by atomic mass is 16.5. The minimum Gasteiger partial charge on any atom is -0.476 e. The van der Waals surface area contributed by atoms with Gasteiger partial charge in [-0.3, -0.25) is 14.9 Å². The Bertz CT molecular complexity index is 1040. The minimum absolute atomic E-state index is 0.672. The van der Waals surface area contributed by atoms with Crippen LogP contribution in [-0.2, 0) is 6.54 Å². The molecule has 1 saturated heterocycles. The number of piperidine rings is 1. The maximum absolute atomic E-state index is 6.03. The summed E-state index contributed by atoms with van der Waals surface area (Å²) in [6, 6.07) is 12.3. The van der Waals surface area contributed by atoms with Gasteiger partial charge in [0.25, 0.3) is 0 Å². The number of nitrogens with zero attached hydrogens (tertiary/aromatic N) is 4. The molecule has 148 valence electrons. The van der Waals surface area contributed by atoms with Crippen LogP contribution in [0.2, 0.25) is 0 Å². The second kappa shape index (κ2) is 8.17. The van der Waals surface area contributed by atoms with Gasteiger partial charge in [-0.15, -0.1) is 0 Å². The first-order valence-corrected chi connectivity index (χ1v) is 10.4. The predicted molar refractivity (Wildman–Crippen MR) is 116 cm³/mol. The van der Waals surface area contributed by atoms with E-state index < -0.39 is 0 Å². The van der Waals surface area contributed by atoms with Crippen molar-refractivity contribution >= 4 is 22.3 Å². The monoisotopic (exact) mass is 387 g/mol. The van der Waals surface area contributed by atoms with E-state index in [4.69, 9.17) is 4.74 Å². The molecule has 2 aliphatic heterocycles. The zero-order valence-electron chi connectivity index (χ0n) is 16.5. The number of hydrogen-bond acceptors (Lipinski definition) is 6. The summed E-state index contributed by atoms with van der Waals surface area (Å²) in [5.74, 6) is 1.53. The lowest BCUT2D eigenvalue weighted by Gasteiger charge is -2.26. The minimum atomic E-state index is 0.672. The van der Waals surface area contributed by atoms with E-state index in [0.717, 1.165) is 40.1 Å². The van der Waals surface area contributed by atoms with Crippen LogP contribution in [-0.4, -0.2) is 46.9 Å². The van der Waals surface area contributed by atoms with Gasteiger partial charge in [0.2, 0.25) is 5.88 Å². The molecule has 5 rings (SSSR count). The van der Waals surface area contributed by atoms with Crippen LogP contribution >= 0.6 is 0 Å². The molecule has 1 aromatic carbocycles. The fourth-order valence-corrected chi connectivity index (χ4v) is 4.05. The molecule has 29 heavy (non-hydrogen) atoms. The summed E-state index contributed by atoms with van der Waals surface area (Å²) in [5.41, 5.74) is 3.08. The van der Waals surface area contributed by atoms with Crippen molar-refractivity contribution in [3.63, 3.8) is 0 Å². The Hall–Kier alpha value is -2.99. The lowest BCUT2D eigenvalue weighted by Crippen LogP contribution is -2.33. The molecular weight excluding hydrogens is 362 g/mol. The van der Waals surface area contributed by atoms with E-state index in [1.165, 1.54) is 32.4 Å². The van der Waals surface area contributed by atoms with Crippen molar-refractivity contribution in [2.45, 2.75) is 25.8 Å². The van der Waals surface area contributed by atoms with Gasteiger partial charge in [-0.2, -0.15) is 0 Å². The normalized spacial score (nSPS) is 16.5. The van der Waals surface area contributed by atoms with Gasteiger partial charge in [0.05, 0.1) is 6.54 Å². The van der Waals surface area contributed by atoms with Gasteiger partial charge in [-0.1, -0.05) is 12.5 Å². The van der Waals surface area contributed by atoms with E-state index in [9.17, 15) is 0 Å². The van der Waals surface area contributed by atoms with Crippen molar-refractivity contribution in [2.75, 3.05) is 31.6 Å². The first kappa shape index (κ1) is 18.1. The fourth-order valence-electron chi connectivity index (χ4n) is 4.05. The number of likely N-dealkylation sites (tertiary alicyclic amines) is 1. The van der Waals surface area contributed by atoms with E-state index in [1.807, 2.05) is 24.4 Å². The standard InChI is InChI=1S/C23H25N5O/c1-2-11-28(12-3-1)13-14-29-23-20-7-6-19(15-17(20)8-10-25-23)27-22-21-18(16-26-22)5-4-9-24-21/h4-10,15H,1-3,11-14,16H2,(H,26,27). The quantitative estimate of drug-likeness (QED) is 0.720. The van der Waals surface area contributed by atoms with Crippen molar-refractivity contribution in [2.24, 2.45) is 4.99 Å². The summed E-state index contributed by atoms with van der Waals surface area (Å²) >= 11 is 0. The van der Waals surface area contributed by atoms with Gasteiger partial charge < -0.3 is 10.1 Å². The Morgan fingerprint density at radius 1 is 1.00 bits per heavy atom. The Morgan fingerprint density at radius 2 is 1.93 bits per heavy atom.